The summed E-state index contributed by atoms with van der Waals surface area (Å²) in [7, 11) is 0. The molecule has 0 saturated carbocycles. The summed E-state index contributed by atoms with van der Waals surface area (Å²) in [5.74, 6) is -13.8. The summed E-state index contributed by atoms with van der Waals surface area (Å²) in [6, 6.07) is -5.67. The molecule has 0 bridgehead atoms. The SMILES string of the molecule is CC(=O)N[C@H]1[C@H](O[C@H]2[C@@H](O)[C@@H](CO)O[C@@H](O[C@@H]([C@H](O)[C@@H](O)CO)[C@H](O)CO)[C@@H]2O)O[C@H](CO[C@]2(C(=O)O)C[C@H](O)[C@@H](NC(C)=O)[C@H]([C@H](O)[C@H](O)CO)O2)[C@@H](O[C@@H]2O[C@H](CO)[C@H](O)[C@H](O[C@]3(C(=O)O)C[C@H](O)[C@@H](NC(C)=O)[C@H]([C@H](O)[C@H](O)CO)O3)[C@H]2O)[C@@H]1O. The number of carboxylic acids is 2. The quantitative estimate of drug-likeness (QED) is 0.0331. The van der Waals surface area contributed by atoms with Crippen molar-refractivity contribution in [2.45, 2.75) is 223 Å². The fourth-order valence-electron chi connectivity index (χ4n) is 10.6. The summed E-state index contributed by atoms with van der Waals surface area (Å²) in [6.07, 6.45) is -61.4. The Balaban J connectivity index is 1.63. The molecule has 5 saturated heterocycles. The second kappa shape index (κ2) is 32.1. The van der Waals surface area contributed by atoms with E-state index in [9.17, 15) is 136 Å². The molecule has 0 unspecified atom stereocenters. The average molecular weight is 1290 g/mol. The number of hydrogen-bond acceptors (Lipinski definition) is 35. The smallest absolute Gasteiger partial charge is 0.364 e. The predicted molar refractivity (Wildman–Crippen MR) is 271 cm³/mol. The molecule has 510 valence electrons. The molecule has 40 heteroatoms. The summed E-state index contributed by atoms with van der Waals surface area (Å²) in [5, 5.41) is 244. The fourth-order valence-corrected chi connectivity index (χ4v) is 10.6. The van der Waals surface area contributed by atoms with E-state index in [1.54, 1.807) is 0 Å². The number of aliphatic hydroxyl groups excluding tert-OH is 20. The molecule has 88 heavy (non-hydrogen) atoms. The summed E-state index contributed by atoms with van der Waals surface area (Å²) < 4.78 is 57.7. The Morgan fingerprint density at radius 1 is 0.489 bits per heavy atom. The first kappa shape index (κ1) is 74.9. The van der Waals surface area contributed by atoms with Gasteiger partial charge in [0, 0.05) is 33.6 Å². The van der Waals surface area contributed by atoms with Crippen LogP contribution < -0.4 is 16.0 Å². The Kier molecular flexibility index (Phi) is 27.3. The molecule has 0 spiro atoms. The molecule has 5 aliphatic rings. The highest BCUT2D eigenvalue weighted by Gasteiger charge is 2.62. The van der Waals surface area contributed by atoms with Crippen molar-refractivity contribution in [3.05, 3.63) is 0 Å². The van der Waals surface area contributed by atoms with Gasteiger partial charge in [0.2, 0.25) is 17.7 Å². The van der Waals surface area contributed by atoms with Crippen LogP contribution in [-0.2, 0) is 71.3 Å². The largest absolute Gasteiger partial charge is 0.477 e. The Hall–Kier alpha value is -3.85. The van der Waals surface area contributed by atoms with Crippen LogP contribution in [0, 0.1) is 0 Å². The van der Waals surface area contributed by atoms with Crippen molar-refractivity contribution in [3.8, 4) is 0 Å². The van der Waals surface area contributed by atoms with Crippen LogP contribution in [0.5, 0.6) is 0 Å². The van der Waals surface area contributed by atoms with E-state index in [2.05, 4.69) is 16.0 Å². The number of carbonyl (C=O) groups excluding carboxylic acids is 3. The first-order chi connectivity index (χ1) is 41.2. The normalized spacial score (nSPS) is 40.8. The van der Waals surface area contributed by atoms with Gasteiger partial charge in [-0.1, -0.05) is 0 Å². The first-order valence-electron chi connectivity index (χ1n) is 27.3. The molecule has 5 aliphatic heterocycles. The van der Waals surface area contributed by atoms with Crippen LogP contribution >= 0.6 is 0 Å². The summed E-state index contributed by atoms with van der Waals surface area (Å²) in [5.41, 5.74) is 0. The van der Waals surface area contributed by atoms with Gasteiger partial charge < -0.3 is 176 Å². The van der Waals surface area contributed by atoms with Crippen LogP contribution in [0.25, 0.3) is 0 Å². The molecule has 0 aromatic heterocycles. The molecular formula is C48H81N3O37. The zero-order chi connectivity index (χ0) is 66.2. The Morgan fingerprint density at radius 2 is 0.898 bits per heavy atom. The van der Waals surface area contributed by atoms with Crippen molar-refractivity contribution in [2.24, 2.45) is 0 Å². The number of rotatable bonds is 29. The zero-order valence-electron chi connectivity index (χ0n) is 47.1. The fraction of sp³-hybridized carbons (Fsp3) is 0.896. The van der Waals surface area contributed by atoms with Gasteiger partial charge >= 0.3 is 11.9 Å². The number of carbonyl (C=O) groups is 5. The van der Waals surface area contributed by atoms with Crippen LogP contribution in [0.4, 0.5) is 0 Å². The molecule has 5 heterocycles. The van der Waals surface area contributed by atoms with Gasteiger partial charge in [-0.05, 0) is 0 Å². The molecule has 0 aromatic rings. The minimum atomic E-state index is -3.35. The number of aliphatic carboxylic acids is 2. The van der Waals surface area contributed by atoms with Crippen molar-refractivity contribution in [1.29, 1.82) is 0 Å². The van der Waals surface area contributed by atoms with Gasteiger partial charge in [-0.15, -0.1) is 0 Å². The second-order valence-corrected chi connectivity index (χ2v) is 21.6. The third-order valence-electron chi connectivity index (χ3n) is 15.2. The van der Waals surface area contributed by atoms with Crippen molar-refractivity contribution in [1.82, 2.24) is 16.0 Å². The third-order valence-corrected chi connectivity index (χ3v) is 15.2. The van der Waals surface area contributed by atoms with Crippen LogP contribution in [0.3, 0.4) is 0 Å². The Morgan fingerprint density at radius 3 is 1.35 bits per heavy atom. The maximum atomic E-state index is 13.4. The monoisotopic (exact) mass is 1290 g/mol. The van der Waals surface area contributed by atoms with Gasteiger partial charge in [-0.25, -0.2) is 9.59 Å². The molecule has 40 nitrogen and oxygen atoms in total. The van der Waals surface area contributed by atoms with Gasteiger partial charge in [-0.3, -0.25) is 14.4 Å². The highest BCUT2D eigenvalue weighted by Crippen LogP contribution is 2.41. The lowest BCUT2D eigenvalue weighted by Gasteiger charge is -2.51. The summed E-state index contributed by atoms with van der Waals surface area (Å²) in [6.45, 7) is -5.90. The zero-order valence-corrected chi connectivity index (χ0v) is 47.1. The lowest BCUT2D eigenvalue weighted by atomic mass is 9.88. The Bertz CT molecular complexity index is 2270. The minimum Gasteiger partial charge on any atom is -0.477 e. The van der Waals surface area contributed by atoms with Crippen LogP contribution in [0.1, 0.15) is 33.6 Å². The number of ether oxygens (including phenoxy) is 10. The number of amides is 3. The predicted octanol–water partition coefficient (Wildman–Crippen LogP) is -15.6. The standard InChI is InChI=1S/C48H81N3O37/c1-13(58)49-25-16(61)4-47(45(75)76,86-38(25)29(68)19(64)7-53)79-12-24-37(33(72)27(51-15(3)60)42(82-24)85-40-31(70)22(10-56)80-43(34(40)73)83-36(21(66)9-55)28(67)18(63)6-52)84-44-35(74)41(32(71)23(11-57)81-44)88-48(46(77)78)5-17(62)26(50-14(2)59)39(87-48)30(69)20(65)8-54/h16-44,52-57,61-74H,4-12H2,1-3H3,(H,49,58)(H,50,59)(H,51,60)(H,75,76)(H,77,78)/t16-,17-,18-,19+,20+,21+,22+,23+,24+,25+,26+,27+,28+,29+,30+,31-,32-,33+,34+,35+,36+,37+,38+,39+,40-,41-,42-,43-,44-,47+,48-/m0/s1. The minimum absolute atomic E-state index is 0.852. The van der Waals surface area contributed by atoms with E-state index in [1.807, 2.05) is 0 Å². The molecule has 5 fully saturated rings. The van der Waals surface area contributed by atoms with E-state index in [0.29, 0.717) is 0 Å². The molecule has 3 amide bonds. The van der Waals surface area contributed by atoms with Crippen LogP contribution in [0.2, 0.25) is 0 Å². The number of carboxylic acid groups (broad SMARTS) is 2. The molecule has 5 rings (SSSR count). The number of nitrogens with one attached hydrogen (secondary N) is 3. The van der Waals surface area contributed by atoms with E-state index >= 15 is 0 Å². The van der Waals surface area contributed by atoms with E-state index in [-0.39, 0.29) is 0 Å². The molecule has 0 aliphatic carbocycles. The lowest BCUT2D eigenvalue weighted by molar-refractivity contribution is -0.391. The summed E-state index contributed by atoms with van der Waals surface area (Å²) in [4.78, 5) is 64.0. The van der Waals surface area contributed by atoms with E-state index in [1.165, 1.54) is 0 Å². The van der Waals surface area contributed by atoms with Crippen molar-refractivity contribution in [3.63, 3.8) is 0 Å². The van der Waals surface area contributed by atoms with Gasteiger partial charge in [0.15, 0.2) is 18.9 Å². The third kappa shape index (κ3) is 16.9. The molecule has 0 radical (unpaired) electrons. The van der Waals surface area contributed by atoms with Crippen molar-refractivity contribution in [2.75, 3.05) is 46.2 Å². The molecule has 25 N–H and O–H groups in total. The molecule has 31 atom stereocenters. The lowest BCUT2D eigenvalue weighted by Crippen LogP contribution is -2.71. The Labute approximate surface area is 497 Å². The van der Waals surface area contributed by atoms with Gasteiger partial charge in [-0.2, -0.15) is 0 Å². The van der Waals surface area contributed by atoms with E-state index in [4.69, 9.17) is 47.4 Å². The maximum absolute atomic E-state index is 13.4. The summed E-state index contributed by atoms with van der Waals surface area (Å²) >= 11 is 0. The molecular weight excluding hydrogens is 1210 g/mol. The highest BCUT2D eigenvalue weighted by atomic mass is 16.8. The first-order valence-corrected chi connectivity index (χ1v) is 27.3. The van der Waals surface area contributed by atoms with E-state index in [0.717, 1.165) is 20.8 Å². The molecule has 0 aromatic carbocycles. The van der Waals surface area contributed by atoms with Crippen molar-refractivity contribution < 1.29 is 184 Å². The second-order valence-electron chi connectivity index (χ2n) is 21.6. The number of hydrogen-bond donors (Lipinski definition) is 25. The maximum Gasteiger partial charge on any atom is 0.364 e. The number of aliphatic hydroxyl groups is 20. The highest BCUT2D eigenvalue weighted by molar-refractivity contribution is 5.77. The van der Waals surface area contributed by atoms with Gasteiger partial charge in [0.25, 0.3) is 11.6 Å². The van der Waals surface area contributed by atoms with E-state index < -0.39 is 278 Å². The topological polar surface area (TPSA) is 659 Å². The van der Waals surface area contributed by atoms with Gasteiger partial charge in [0.05, 0.1) is 70.5 Å². The average Bonchev–Trinajstić information content (AvgIpc) is 1.24. The van der Waals surface area contributed by atoms with Crippen LogP contribution in [-0.4, -0.2) is 377 Å². The van der Waals surface area contributed by atoms with Crippen LogP contribution in [0.15, 0.2) is 0 Å². The van der Waals surface area contributed by atoms with Gasteiger partial charge in [0.1, 0.15) is 134 Å². The van der Waals surface area contributed by atoms with Crippen molar-refractivity contribution >= 4 is 29.7 Å².